The zero-order valence-corrected chi connectivity index (χ0v) is 8.80. The molecule has 0 aliphatic rings. The Kier molecular flexibility index (Phi) is 2.62. The minimum atomic E-state index is -0.736. The fourth-order valence-corrected chi connectivity index (χ4v) is 1.63. The molecule has 0 amide bonds. The number of aromatic nitrogens is 2. The number of nitrogens with zero attached hydrogens (tertiary/aromatic N) is 1. The Labute approximate surface area is 91.0 Å². The maximum absolute atomic E-state index is 11.9. The molecule has 0 saturated heterocycles. The number of hydrogen-bond donors (Lipinski definition) is 2. The number of aromatic amines is 1. The highest BCUT2D eigenvalue weighted by atomic mass is 16.3. The van der Waals surface area contributed by atoms with E-state index in [-0.39, 0.29) is 12.1 Å². The van der Waals surface area contributed by atoms with Crippen molar-refractivity contribution < 1.29 is 5.11 Å². The Morgan fingerprint density at radius 2 is 2.06 bits per heavy atom. The predicted molar refractivity (Wildman–Crippen MR) is 60.5 cm³/mol. The molecule has 0 unspecified atom stereocenters. The van der Waals surface area contributed by atoms with Crippen molar-refractivity contribution in [2.24, 2.45) is 0 Å². The zero-order chi connectivity index (χ0) is 11.7. The van der Waals surface area contributed by atoms with Crippen LogP contribution in [0.4, 0.5) is 0 Å². The van der Waals surface area contributed by atoms with Crippen LogP contribution in [-0.4, -0.2) is 20.8 Å². The van der Waals surface area contributed by atoms with Crippen LogP contribution in [0.3, 0.4) is 0 Å². The van der Waals surface area contributed by atoms with Crippen LogP contribution in [0.25, 0.3) is 10.9 Å². The molecule has 0 aliphatic heterocycles. The summed E-state index contributed by atoms with van der Waals surface area (Å²) in [6.07, 6.45) is -0.736. The van der Waals surface area contributed by atoms with Crippen molar-refractivity contribution in [2.45, 2.75) is 19.6 Å². The highest BCUT2D eigenvalue weighted by Gasteiger charge is 2.08. The van der Waals surface area contributed by atoms with Crippen LogP contribution >= 0.6 is 0 Å². The van der Waals surface area contributed by atoms with Gasteiger partial charge in [0.1, 0.15) is 0 Å². The molecular formula is C11H12N2O3. The molecule has 0 spiro atoms. The van der Waals surface area contributed by atoms with Gasteiger partial charge in [-0.3, -0.25) is 9.36 Å². The molecule has 5 nitrogen and oxygen atoms in total. The van der Waals surface area contributed by atoms with E-state index >= 15 is 0 Å². The monoisotopic (exact) mass is 220 g/mol. The van der Waals surface area contributed by atoms with Crippen LogP contribution in [0.5, 0.6) is 0 Å². The second kappa shape index (κ2) is 3.94. The molecule has 1 atom stereocenters. The van der Waals surface area contributed by atoms with Crippen molar-refractivity contribution in [1.82, 2.24) is 9.55 Å². The van der Waals surface area contributed by atoms with E-state index in [0.717, 1.165) is 4.57 Å². The maximum Gasteiger partial charge on any atom is 0.328 e. The quantitative estimate of drug-likeness (QED) is 0.752. The number of rotatable bonds is 2. The standard InChI is InChI=1S/C11H12N2O3/c1-7(14)6-13-10(15)8-4-2-3-5-9(8)12-11(13)16/h2-5,7,14H,6H2,1H3,(H,12,16)/t7-/m0/s1. The average Bonchev–Trinajstić information content (AvgIpc) is 2.24. The van der Waals surface area contributed by atoms with Gasteiger partial charge in [-0.15, -0.1) is 0 Å². The van der Waals surface area contributed by atoms with Crippen molar-refractivity contribution in [1.29, 1.82) is 0 Å². The van der Waals surface area contributed by atoms with E-state index in [0.29, 0.717) is 10.9 Å². The normalized spacial score (nSPS) is 12.9. The third-order valence-electron chi connectivity index (χ3n) is 2.34. The number of benzene rings is 1. The lowest BCUT2D eigenvalue weighted by Crippen LogP contribution is -2.37. The van der Waals surface area contributed by atoms with Crippen LogP contribution in [0.15, 0.2) is 33.9 Å². The first kappa shape index (κ1) is 10.6. The first-order valence-corrected chi connectivity index (χ1v) is 4.99. The molecule has 1 aromatic carbocycles. The van der Waals surface area contributed by atoms with Crippen molar-refractivity contribution in [2.75, 3.05) is 0 Å². The van der Waals surface area contributed by atoms with Gasteiger partial charge in [-0.1, -0.05) is 12.1 Å². The molecule has 84 valence electrons. The number of para-hydroxylation sites is 1. The molecule has 2 aromatic rings. The Hall–Kier alpha value is -1.88. The summed E-state index contributed by atoms with van der Waals surface area (Å²) in [5, 5.41) is 9.66. The lowest BCUT2D eigenvalue weighted by molar-refractivity contribution is 0.170. The van der Waals surface area contributed by atoms with E-state index in [9.17, 15) is 14.7 Å². The van der Waals surface area contributed by atoms with Crippen molar-refractivity contribution in [3.05, 3.63) is 45.1 Å². The number of H-pyrrole nitrogens is 1. The maximum atomic E-state index is 11.9. The molecule has 2 rings (SSSR count). The van der Waals surface area contributed by atoms with Gasteiger partial charge in [-0.25, -0.2) is 4.79 Å². The predicted octanol–water partition coefficient (Wildman–Crippen LogP) is 0.0706. The third-order valence-corrected chi connectivity index (χ3v) is 2.34. The van der Waals surface area contributed by atoms with Crippen molar-refractivity contribution in [3.63, 3.8) is 0 Å². The summed E-state index contributed by atoms with van der Waals surface area (Å²) in [5.74, 6) is 0. The van der Waals surface area contributed by atoms with E-state index in [1.54, 1.807) is 24.3 Å². The zero-order valence-electron chi connectivity index (χ0n) is 8.80. The van der Waals surface area contributed by atoms with Crippen LogP contribution in [0.2, 0.25) is 0 Å². The van der Waals surface area contributed by atoms with E-state index in [2.05, 4.69) is 4.98 Å². The molecule has 0 fully saturated rings. The Morgan fingerprint density at radius 1 is 1.38 bits per heavy atom. The molecule has 0 aliphatic carbocycles. The summed E-state index contributed by atoms with van der Waals surface area (Å²) in [6.45, 7) is 1.53. The minimum Gasteiger partial charge on any atom is -0.392 e. The largest absolute Gasteiger partial charge is 0.392 e. The Balaban J connectivity index is 2.76. The molecular weight excluding hydrogens is 208 g/mol. The molecule has 0 saturated carbocycles. The number of hydrogen-bond acceptors (Lipinski definition) is 3. The number of aliphatic hydroxyl groups is 1. The van der Waals surface area contributed by atoms with Crippen LogP contribution < -0.4 is 11.2 Å². The lowest BCUT2D eigenvalue weighted by Gasteiger charge is -2.07. The summed E-state index contributed by atoms with van der Waals surface area (Å²) < 4.78 is 1.01. The highest BCUT2D eigenvalue weighted by molar-refractivity contribution is 5.76. The minimum absolute atomic E-state index is 0.000991. The molecule has 0 radical (unpaired) electrons. The number of aliphatic hydroxyl groups excluding tert-OH is 1. The summed E-state index contributed by atoms with van der Waals surface area (Å²) in [6, 6.07) is 6.79. The van der Waals surface area contributed by atoms with Gasteiger partial charge >= 0.3 is 5.69 Å². The van der Waals surface area contributed by atoms with Gasteiger partial charge in [0.2, 0.25) is 0 Å². The van der Waals surface area contributed by atoms with E-state index in [4.69, 9.17) is 0 Å². The van der Waals surface area contributed by atoms with Gasteiger partial charge < -0.3 is 10.1 Å². The summed E-state index contributed by atoms with van der Waals surface area (Å²) in [4.78, 5) is 26.1. The first-order valence-electron chi connectivity index (χ1n) is 4.99. The van der Waals surface area contributed by atoms with Gasteiger partial charge in [0, 0.05) is 0 Å². The lowest BCUT2D eigenvalue weighted by atomic mass is 10.2. The number of nitrogens with one attached hydrogen (secondary N) is 1. The van der Waals surface area contributed by atoms with Gasteiger partial charge in [-0.05, 0) is 19.1 Å². The van der Waals surface area contributed by atoms with Crippen molar-refractivity contribution in [3.8, 4) is 0 Å². The molecule has 1 aromatic heterocycles. The van der Waals surface area contributed by atoms with E-state index in [1.807, 2.05) is 0 Å². The molecule has 16 heavy (non-hydrogen) atoms. The van der Waals surface area contributed by atoms with Gasteiger partial charge in [-0.2, -0.15) is 0 Å². The van der Waals surface area contributed by atoms with Crippen LogP contribution in [0, 0.1) is 0 Å². The average molecular weight is 220 g/mol. The first-order chi connectivity index (χ1) is 7.59. The van der Waals surface area contributed by atoms with E-state index < -0.39 is 11.8 Å². The van der Waals surface area contributed by atoms with Gasteiger partial charge in [0.25, 0.3) is 5.56 Å². The SMILES string of the molecule is C[C@H](O)Cn1c(=O)[nH]c2ccccc2c1=O. The van der Waals surface area contributed by atoms with Crippen LogP contribution in [0.1, 0.15) is 6.92 Å². The molecule has 5 heteroatoms. The Morgan fingerprint density at radius 3 is 2.75 bits per heavy atom. The molecule has 0 bridgehead atoms. The van der Waals surface area contributed by atoms with E-state index in [1.165, 1.54) is 6.92 Å². The fraction of sp³-hybridized carbons (Fsp3) is 0.273. The van der Waals surface area contributed by atoms with Crippen molar-refractivity contribution >= 4 is 10.9 Å². The second-order valence-corrected chi connectivity index (χ2v) is 3.74. The highest BCUT2D eigenvalue weighted by Crippen LogP contribution is 2.02. The second-order valence-electron chi connectivity index (χ2n) is 3.74. The topological polar surface area (TPSA) is 75.1 Å². The summed E-state index contributed by atoms with van der Waals surface area (Å²) in [5.41, 5.74) is -0.357. The molecule has 1 heterocycles. The van der Waals surface area contributed by atoms with Gasteiger partial charge in [0.05, 0.1) is 23.6 Å². The smallest absolute Gasteiger partial charge is 0.328 e. The molecule has 2 N–H and O–H groups in total. The summed E-state index contributed by atoms with van der Waals surface area (Å²) in [7, 11) is 0. The summed E-state index contributed by atoms with van der Waals surface area (Å²) >= 11 is 0. The Bertz CT molecular complexity index is 625. The van der Waals surface area contributed by atoms with Gasteiger partial charge in [0.15, 0.2) is 0 Å². The third kappa shape index (κ3) is 1.77. The van der Waals surface area contributed by atoms with Crippen LogP contribution in [-0.2, 0) is 6.54 Å². The fourth-order valence-electron chi connectivity index (χ4n) is 1.63. The number of fused-ring (bicyclic) bond motifs is 1.